The van der Waals surface area contributed by atoms with Gasteiger partial charge in [0.05, 0.1) is 11.8 Å². The summed E-state index contributed by atoms with van der Waals surface area (Å²) in [6.07, 6.45) is 1.75. The second kappa shape index (κ2) is 4.27. The molecule has 0 saturated heterocycles. The lowest BCUT2D eigenvalue weighted by Gasteiger charge is -2.09. The Hall–Kier alpha value is -1.73. The van der Waals surface area contributed by atoms with E-state index in [-0.39, 0.29) is 0 Å². The number of aryl methyl sites for hydroxylation is 1. The number of pyridine rings is 1. The first-order valence-electron chi connectivity index (χ1n) is 5.35. The number of hydrogen-bond donors (Lipinski definition) is 0. The van der Waals surface area contributed by atoms with E-state index in [0.29, 0.717) is 0 Å². The molecule has 0 aromatic carbocycles. The van der Waals surface area contributed by atoms with Gasteiger partial charge >= 0.3 is 0 Å². The van der Waals surface area contributed by atoms with Crippen molar-refractivity contribution in [1.82, 2.24) is 9.97 Å². The van der Waals surface area contributed by atoms with Gasteiger partial charge in [-0.25, -0.2) is 4.98 Å². The van der Waals surface area contributed by atoms with Crippen LogP contribution in [0.5, 0.6) is 0 Å². The first kappa shape index (κ1) is 11.7. The van der Waals surface area contributed by atoms with Gasteiger partial charge in [-0.2, -0.15) is 5.26 Å². The Morgan fingerprint density at radius 1 is 1.35 bits per heavy atom. The smallest absolute Gasteiger partial charge is 0.113 e. The van der Waals surface area contributed by atoms with Crippen LogP contribution in [0.3, 0.4) is 0 Å². The topological polar surface area (TPSA) is 49.6 Å². The van der Waals surface area contributed by atoms with Gasteiger partial charge in [0.15, 0.2) is 0 Å². The SMILES string of the molecule is Cc1sc(C(C)(C)C#N)nc1-c1ccccn1. The van der Waals surface area contributed by atoms with Crippen LogP contribution in [0.15, 0.2) is 24.4 Å². The van der Waals surface area contributed by atoms with Gasteiger partial charge < -0.3 is 0 Å². The lowest BCUT2D eigenvalue weighted by Crippen LogP contribution is -2.13. The highest BCUT2D eigenvalue weighted by atomic mass is 32.1. The van der Waals surface area contributed by atoms with E-state index in [1.54, 1.807) is 17.5 Å². The summed E-state index contributed by atoms with van der Waals surface area (Å²) in [5.74, 6) is 0. The predicted octanol–water partition coefficient (Wildman–Crippen LogP) is 3.31. The number of rotatable bonds is 2. The second-order valence-corrected chi connectivity index (χ2v) is 5.58. The third-order valence-electron chi connectivity index (χ3n) is 2.52. The number of aromatic nitrogens is 2. The largest absolute Gasteiger partial charge is 0.255 e. The average Bonchev–Trinajstić information content (AvgIpc) is 2.73. The standard InChI is InChI=1S/C13H13N3S/c1-9-11(10-6-4-5-7-15-10)16-12(17-9)13(2,3)8-14/h4-7H,1-3H3. The summed E-state index contributed by atoms with van der Waals surface area (Å²) in [6, 6.07) is 8.03. The minimum absolute atomic E-state index is 0.539. The number of hydrogen-bond acceptors (Lipinski definition) is 4. The maximum Gasteiger partial charge on any atom is 0.113 e. The Labute approximate surface area is 105 Å². The van der Waals surface area contributed by atoms with E-state index < -0.39 is 5.41 Å². The summed E-state index contributed by atoms with van der Waals surface area (Å²) in [4.78, 5) is 9.95. The highest BCUT2D eigenvalue weighted by molar-refractivity contribution is 7.12. The molecule has 0 saturated carbocycles. The lowest BCUT2D eigenvalue weighted by atomic mass is 9.97. The molecule has 0 unspecified atom stereocenters. The highest BCUT2D eigenvalue weighted by Gasteiger charge is 2.25. The van der Waals surface area contributed by atoms with Crippen LogP contribution in [0, 0.1) is 18.3 Å². The molecule has 17 heavy (non-hydrogen) atoms. The highest BCUT2D eigenvalue weighted by Crippen LogP contribution is 2.32. The molecule has 0 amide bonds. The maximum atomic E-state index is 9.12. The molecule has 0 aliphatic rings. The van der Waals surface area contributed by atoms with E-state index in [0.717, 1.165) is 21.3 Å². The van der Waals surface area contributed by atoms with Crippen molar-refractivity contribution in [3.8, 4) is 17.5 Å². The van der Waals surface area contributed by atoms with Crippen molar-refractivity contribution in [1.29, 1.82) is 5.26 Å². The second-order valence-electron chi connectivity index (χ2n) is 4.38. The first-order chi connectivity index (χ1) is 8.04. The van der Waals surface area contributed by atoms with E-state index >= 15 is 0 Å². The maximum absolute atomic E-state index is 9.12. The molecule has 0 N–H and O–H groups in total. The first-order valence-corrected chi connectivity index (χ1v) is 6.17. The number of nitrogens with zero attached hydrogens (tertiary/aromatic N) is 3. The molecule has 0 aliphatic carbocycles. The average molecular weight is 243 g/mol. The molecule has 86 valence electrons. The molecular formula is C13H13N3S. The van der Waals surface area contributed by atoms with Crippen LogP contribution in [0.25, 0.3) is 11.4 Å². The Balaban J connectivity index is 2.50. The van der Waals surface area contributed by atoms with Crippen LogP contribution in [0.2, 0.25) is 0 Å². The van der Waals surface area contributed by atoms with Crippen LogP contribution >= 0.6 is 11.3 Å². The molecule has 2 aromatic heterocycles. The van der Waals surface area contributed by atoms with Crippen LogP contribution < -0.4 is 0 Å². The van der Waals surface area contributed by atoms with Gasteiger partial charge in [0, 0.05) is 11.1 Å². The van der Waals surface area contributed by atoms with Crippen LogP contribution in [0.1, 0.15) is 23.7 Å². The fraction of sp³-hybridized carbons (Fsp3) is 0.308. The van der Waals surface area contributed by atoms with Crippen molar-refractivity contribution in [2.45, 2.75) is 26.2 Å². The third-order valence-corrected chi connectivity index (χ3v) is 3.81. The molecule has 0 atom stereocenters. The van der Waals surface area contributed by atoms with E-state index in [4.69, 9.17) is 5.26 Å². The molecule has 2 rings (SSSR count). The van der Waals surface area contributed by atoms with Crippen molar-refractivity contribution < 1.29 is 0 Å². The Morgan fingerprint density at radius 2 is 2.12 bits per heavy atom. The molecule has 2 aromatic rings. The Morgan fingerprint density at radius 3 is 2.71 bits per heavy atom. The number of nitriles is 1. The Bertz CT molecular complexity index is 564. The van der Waals surface area contributed by atoms with E-state index in [1.807, 2.05) is 39.0 Å². The summed E-state index contributed by atoms with van der Waals surface area (Å²) in [5.41, 5.74) is 1.21. The van der Waals surface area contributed by atoms with Gasteiger partial charge in [-0.3, -0.25) is 4.98 Å². The lowest BCUT2D eigenvalue weighted by molar-refractivity contribution is 0.680. The van der Waals surface area contributed by atoms with E-state index in [9.17, 15) is 0 Å². The van der Waals surface area contributed by atoms with Crippen molar-refractivity contribution in [3.63, 3.8) is 0 Å². The molecular weight excluding hydrogens is 230 g/mol. The fourth-order valence-electron chi connectivity index (χ4n) is 1.45. The molecule has 0 spiro atoms. The molecule has 0 fully saturated rings. The van der Waals surface area contributed by atoms with Crippen molar-refractivity contribution in [3.05, 3.63) is 34.3 Å². The molecule has 0 radical (unpaired) electrons. The van der Waals surface area contributed by atoms with Gasteiger partial charge in [-0.1, -0.05) is 6.07 Å². The summed E-state index contributed by atoms with van der Waals surface area (Å²) >= 11 is 1.57. The summed E-state index contributed by atoms with van der Waals surface area (Å²) < 4.78 is 0. The molecule has 0 bridgehead atoms. The van der Waals surface area contributed by atoms with Gasteiger partial charge in [0.2, 0.25) is 0 Å². The van der Waals surface area contributed by atoms with Gasteiger partial charge in [0.25, 0.3) is 0 Å². The van der Waals surface area contributed by atoms with E-state index in [1.165, 1.54) is 0 Å². The zero-order valence-electron chi connectivity index (χ0n) is 10.1. The zero-order valence-corrected chi connectivity index (χ0v) is 10.9. The van der Waals surface area contributed by atoms with Crippen LogP contribution in [-0.4, -0.2) is 9.97 Å². The number of thiazole rings is 1. The molecule has 4 heteroatoms. The third kappa shape index (κ3) is 2.20. The predicted molar refractivity (Wildman–Crippen MR) is 68.7 cm³/mol. The summed E-state index contributed by atoms with van der Waals surface area (Å²) in [5, 5.41) is 9.96. The molecule has 2 heterocycles. The monoisotopic (exact) mass is 243 g/mol. The zero-order chi connectivity index (χ0) is 12.5. The van der Waals surface area contributed by atoms with Crippen molar-refractivity contribution in [2.24, 2.45) is 0 Å². The molecule has 0 aliphatic heterocycles. The van der Waals surface area contributed by atoms with Crippen molar-refractivity contribution >= 4 is 11.3 Å². The van der Waals surface area contributed by atoms with Crippen LogP contribution in [-0.2, 0) is 5.41 Å². The van der Waals surface area contributed by atoms with Gasteiger partial charge in [-0.15, -0.1) is 11.3 Å². The minimum atomic E-state index is -0.539. The van der Waals surface area contributed by atoms with Gasteiger partial charge in [-0.05, 0) is 32.9 Å². The minimum Gasteiger partial charge on any atom is -0.255 e. The summed E-state index contributed by atoms with van der Waals surface area (Å²) in [6.45, 7) is 5.78. The Kier molecular flexibility index (Phi) is 2.95. The fourth-order valence-corrected chi connectivity index (χ4v) is 2.43. The van der Waals surface area contributed by atoms with Gasteiger partial charge in [0.1, 0.15) is 16.1 Å². The molecule has 3 nitrogen and oxygen atoms in total. The normalized spacial score (nSPS) is 11.2. The van der Waals surface area contributed by atoms with Crippen LogP contribution in [0.4, 0.5) is 0 Å². The summed E-state index contributed by atoms with van der Waals surface area (Å²) in [7, 11) is 0. The van der Waals surface area contributed by atoms with Crippen molar-refractivity contribution in [2.75, 3.05) is 0 Å². The van der Waals surface area contributed by atoms with E-state index in [2.05, 4.69) is 16.0 Å². The quantitative estimate of drug-likeness (QED) is 0.813.